The quantitative estimate of drug-likeness (QED) is 0.179. The van der Waals surface area contributed by atoms with Crippen LogP contribution in [0.3, 0.4) is 0 Å². The highest BCUT2D eigenvalue weighted by Crippen LogP contribution is 2.63. The van der Waals surface area contributed by atoms with Crippen molar-refractivity contribution in [1.82, 2.24) is 19.6 Å². The Kier molecular flexibility index (Phi) is 7.35. The number of ether oxygens (including phenoxy) is 1. The van der Waals surface area contributed by atoms with Crippen molar-refractivity contribution in [2.24, 2.45) is 23.7 Å². The van der Waals surface area contributed by atoms with Crippen LogP contribution in [0.1, 0.15) is 56.9 Å². The molecule has 0 aliphatic heterocycles. The molecule has 9 rings (SSSR count). The molecule has 2 heterocycles. The van der Waals surface area contributed by atoms with Gasteiger partial charge in [0, 0.05) is 46.1 Å². The van der Waals surface area contributed by atoms with E-state index in [4.69, 9.17) is 16.3 Å². The maximum atomic E-state index is 9.45. The van der Waals surface area contributed by atoms with E-state index in [1.165, 1.54) is 28.1 Å². The highest BCUT2D eigenvalue weighted by molar-refractivity contribution is 6.18. The molecule has 0 N–H and O–H groups in total. The Balaban J connectivity index is 0.000000140. The van der Waals surface area contributed by atoms with E-state index in [0.29, 0.717) is 52.8 Å². The summed E-state index contributed by atoms with van der Waals surface area (Å²) in [6, 6.07) is 35.1. The number of benzene rings is 3. The van der Waals surface area contributed by atoms with Gasteiger partial charge in [-0.2, -0.15) is 20.7 Å². The Morgan fingerprint density at radius 2 is 1.13 bits per heavy atom. The number of hydrogen-bond acceptors (Lipinski definition) is 5. The summed E-state index contributed by atoms with van der Waals surface area (Å²) in [6.45, 7) is 2.20. The minimum Gasteiger partial charge on any atom is -0.493 e. The molecule has 7 nitrogen and oxygen atoms in total. The summed E-state index contributed by atoms with van der Waals surface area (Å²) in [5.74, 6) is 5.01. The molecule has 5 aromatic rings. The lowest BCUT2D eigenvalue weighted by Gasteiger charge is -2.10. The van der Waals surface area contributed by atoms with Crippen molar-refractivity contribution in [1.29, 1.82) is 10.5 Å². The van der Waals surface area contributed by atoms with Crippen LogP contribution >= 0.6 is 11.6 Å². The fourth-order valence-electron chi connectivity index (χ4n) is 7.98. The number of halogens is 1. The standard InChI is InChI=1S/C22H19N3O.C16H14ClN3/c23-12-20-18-11-17-19(14-26-16-9-5-2-6-10-16)21(17)22(18)25(24-20)13-15-7-3-1-4-8-15;17-7-13-11-6-12-14(8-18)19-20(16(12)15(11)13)9-10-4-2-1-3-5-10/h1-10,17,19,21H,11,13-14H2;1-5,11,13,15H,6-7,9H2/t17-,19-,21-;11-,13-,15-/m00/s1. The van der Waals surface area contributed by atoms with Gasteiger partial charge in [-0.15, -0.1) is 11.6 Å². The van der Waals surface area contributed by atoms with Crippen LogP contribution < -0.4 is 4.74 Å². The first-order valence-corrected chi connectivity index (χ1v) is 16.5. The Morgan fingerprint density at radius 1 is 0.674 bits per heavy atom. The van der Waals surface area contributed by atoms with Crippen molar-refractivity contribution in [3.63, 3.8) is 0 Å². The largest absolute Gasteiger partial charge is 0.493 e. The number of rotatable bonds is 8. The maximum Gasteiger partial charge on any atom is 0.165 e. The summed E-state index contributed by atoms with van der Waals surface area (Å²) in [5.41, 5.74) is 8.49. The normalized spacial score (nSPS) is 23.9. The van der Waals surface area contributed by atoms with Gasteiger partial charge < -0.3 is 4.74 Å². The fourth-order valence-corrected chi connectivity index (χ4v) is 8.40. The second kappa shape index (κ2) is 11.8. The lowest BCUT2D eigenvalue weighted by atomic mass is 10.1. The lowest BCUT2D eigenvalue weighted by Crippen LogP contribution is -2.09. The first-order valence-electron chi connectivity index (χ1n) is 16.0. The lowest BCUT2D eigenvalue weighted by molar-refractivity contribution is 0.287. The van der Waals surface area contributed by atoms with E-state index in [9.17, 15) is 10.5 Å². The minimum atomic E-state index is 0.479. The summed E-state index contributed by atoms with van der Waals surface area (Å²) >= 11 is 6.03. The molecule has 228 valence electrons. The third-order valence-electron chi connectivity index (χ3n) is 10.3. The van der Waals surface area contributed by atoms with Gasteiger partial charge in [-0.05, 0) is 53.9 Å². The van der Waals surface area contributed by atoms with Crippen molar-refractivity contribution >= 4 is 11.6 Å². The molecule has 0 unspecified atom stereocenters. The summed E-state index contributed by atoms with van der Waals surface area (Å²) in [5, 5.41) is 27.8. The number of alkyl halides is 1. The average molecular weight is 625 g/mol. The van der Waals surface area contributed by atoms with E-state index in [2.05, 4.69) is 51.3 Å². The van der Waals surface area contributed by atoms with Gasteiger partial charge in [-0.1, -0.05) is 78.9 Å². The van der Waals surface area contributed by atoms with Crippen LogP contribution in [0.15, 0.2) is 91.0 Å². The second-order valence-electron chi connectivity index (χ2n) is 12.8. The monoisotopic (exact) mass is 624 g/mol. The fraction of sp³-hybridized carbons (Fsp3) is 0.316. The molecule has 4 aliphatic rings. The van der Waals surface area contributed by atoms with Gasteiger partial charge in [-0.3, -0.25) is 9.36 Å². The molecule has 0 radical (unpaired) electrons. The molecule has 0 amide bonds. The van der Waals surface area contributed by atoms with E-state index in [1.54, 1.807) is 0 Å². The van der Waals surface area contributed by atoms with E-state index < -0.39 is 0 Å². The van der Waals surface area contributed by atoms with Crippen LogP contribution in [0.2, 0.25) is 0 Å². The molecule has 2 aromatic heterocycles. The third kappa shape index (κ3) is 5.06. The van der Waals surface area contributed by atoms with E-state index in [1.807, 2.05) is 71.4 Å². The zero-order valence-corrected chi connectivity index (χ0v) is 26.1. The van der Waals surface area contributed by atoms with Gasteiger partial charge in [0.1, 0.15) is 17.9 Å². The minimum absolute atomic E-state index is 0.479. The molecule has 8 heteroatoms. The van der Waals surface area contributed by atoms with Crippen LogP contribution in [0.5, 0.6) is 5.75 Å². The summed E-state index contributed by atoms with van der Waals surface area (Å²) in [4.78, 5) is 0. The number of nitrogens with zero attached hydrogens (tertiary/aromatic N) is 6. The van der Waals surface area contributed by atoms with Crippen LogP contribution in [-0.2, 0) is 25.9 Å². The molecular weight excluding hydrogens is 592 g/mol. The van der Waals surface area contributed by atoms with Crippen LogP contribution in [0.25, 0.3) is 0 Å². The molecule has 3 aromatic carbocycles. The summed E-state index contributed by atoms with van der Waals surface area (Å²) < 4.78 is 10.1. The first-order chi connectivity index (χ1) is 22.7. The smallest absolute Gasteiger partial charge is 0.165 e. The van der Waals surface area contributed by atoms with Gasteiger partial charge in [0.2, 0.25) is 0 Å². The molecule has 46 heavy (non-hydrogen) atoms. The Bertz CT molecular complexity index is 1960. The zero-order valence-electron chi connectivity index (χ0n) is 25.3. The Hall–Kier alpha value is -4.85. The number of aromatic nitrogens is 4. The van der Waals surface area contributed by atoms with Crippen molar-refractivity contribution in [2.75, 3.05) is 12.5 Å². The third-order valence-corrected chi connectivity index (χ3v) is 10.6. The molecule has 0 spiro atoms. The summed E-state index contributed by atoms with van der Waals surface area (Å²) in [6.07, 6.45) is 1.94. The topological polar surface area (TPSA) is 92.5 Å². The van der Waals surface area contributed by atoms with E-state index in [0.717, 1.165) is 43.9 Å². The number of fused-ring (bicyclic) bond motifs is 6. The predicted molar refractivity (Wildman–Crippen MR) is 174 cm³/mol. The molecule has 0 saturated heterocycles. The molecule has 4 aliphatic carbocycles. The number of nitriles is 2. The maximum absolute atomic E-state index is 9.45. The molecule has 2 fully saturated rings. The van der Waals surface area contributed by atoms with Crippen molar-refractivity contribution in [3.8, 4) is 17.9 Å². The van der Waals surface area contributed by atoms with Gasteiger partial charge in [0.15, 0.2) is 11.4 Å². The Labute approximate surface area is 273 Å². The molecule has 6 atom stereocenters. The van der Waals surface area contributed by atoms with Gasteiger partial charge in [0.25, 0.3) is 0 Å². The van der Waals surface area contributed by atoms with Crippen molar-refractivity contribution in [2.45, 2.75) is 37.8 Å². The molecular formula is C38H33ClN6O. The van der Waals surface area contributed by atoms with Crippen LogP contribution in [-0.4, -0.2) is 32.0 Å². The highest BCUT2D eigenvalue weighted by atomic mass is 35.5. The zero-order chi connectivity index (χ0) is 31.2. The van der Waals surface area contributed by atoms with Crippen molar-refractivity contribution in [3.05, 3.63) is 136 Å². The molecule has 0 bridgehead atoms. The van der Waals surface area contributed by atoms with Crippen molar-refractivity contribution < 1.29 is 4.74 Å². The van der Waals surface area contributed by atoms with Crippen LogP contribution in [0, 0.1) is 46.3 Å². The van der Waals surface area contributed by atoms with E-state index >= 15 is 0 Å². The van der Waals surface area contributed by atoms with Crippen LogP contribution in [0.4, 0.5) is 0 Å². The highest BCUT2D eigenvalue weighted by Gasteiger charge is 2.59. The molecule has 2 saturated carbocycles. The van der Waals surface area contributed by atoms with Gasteiger partial charge in [0.05, 0.1) is 19.7 Å². The summed E-state index contributed by atoms with van der Waals surface area (Å²) in [7, 11) is 0. The Morgan fingerprint density at radius 3 is 1.61 bits per heavy atom. The number of hydrogen-bond donors (Lipinski definition) is 0. The number of para-hydroxylation sites is 1. The first kappa shape index (κ1) is 28.6. The average Bonchev–Trinajstić information content (AvgIpc) is 3.62. The van der Waals surface area contributed by atoms with Gasteiger partial charge >= 0.3 is 0 Å². The predicted octanol–water partition coefficient (Wildman–Crippen LogP) is 6.70. The second-order valence-corrected chi connectivity index (χ2v) is 13.1. The van der Waals surface area contributed by atoms with Gasteiger partial charge in [-0.25, -0.2) is 0 Å². The SMILES string of the molecule is N#Cc1nn(Cc2ccccc2)c2c1C[C@H]1[C@H](CCl)[C@@H]21.N#Cc1nn(Cc2ccccc2)c2c1C[C@H]1[C@H](COc3ccccc3)[C@@H]21. The van der Waals surface area contributed by atoms with E-state index in [-0.39, 0.29) is 0 Å².